The molecule has 1 aliphatic rings. The van der Waals surface area contributed by atoms with Crippen molar-refractivity contribution in [2.24, 2.45) is 0 Å². The fourth-order valence-electron chi connectivity index (χ4n) is 3.73. The molecule has 0 saturated carbocycles. The maximum atomic E-state index is 12.8. The number of carbonyl (C=O) groups is 1. The molecule has 0 spiro atoms. The van der Waals surface area contributed by atoms with Gasteiger partial charge in [-0.25, -0.2) is 9.97 Å². The van der Waals surface area contributed by atoms with Crippen LogP contribution < -0.4 is 5.32 Å². The molecule has 2 atom stereocenters. The summed E-state index contributed by atoms with van der Waals surface area (Å²) in [6, 6.07) is 18.3. The summed E-state index contributed by atoms with van der Waals surface area (Å²) < 4.78 is 5.45. The summed E-state index contributed by atoms with van der Waals surface area (Å²) in [5, 5.41) is 4.69. The van der Waals surface area contributed by atoms with Crippen molar-refractivity contribution in [3.63, 3.8) is 0 Å². The Morgan fingerprint density at radius 1 is 1.06 bits per heavy atom. The predicted octanol–water partition coefficient (Wildman–Crippen LogP) is 3.86. The Bertz CT molecular complexity index is 1040. The lowest BCUT2D eigenvalue weighted by atomic mass is 10.0. The molecule has 2 aromatic carbocycles. The Labute approximate surface area is 193 Å². The van der Waals surface area contributed by atoms with Gasteiger partial charge in [-0.2, -0.15) is 0 Å². The number of carbonyl (C=O) groups excluding carboxylic acids is 1. The van der Waals surface area contributed by atoms with Crippen LogP contribution in [0.4, 0.5) is 0 Å². The average Bonchev–Trinajstić information content (AvgIpc) is 2.83. The smallest absolute Gasteiger partial charge is 0.233 e. The number of amides is 1. The molecule has 32 heavy (non-hydrogen) atoms. The third-order valence-corrected chi connectivity index (χ3v) is 6.79. The van der Waals surface area contributed by atoms with Gasteiger partial charge in [-0.3, -0.25) is 9.69 Å². The molecular weight excluding hydrogens is 420 g/mol. The first-order valence-electron chi connectivity index (χ1n) is 11.1. The normalized spacial score (nSPS) is 16.6. The number of morpholine rings is 1. The Kier molecular flexibility index (Phi) is 7.73. The number of hydrogen-bond acceptors (Lipinski definition) is 6. The van der Waals surface area contributed by atoms with Crippen LogP contribution in [0.15, 0.2) is 59.6 Å². The number of fused-ring (bicyclic) bond motifs is 1. The van der Waals surface area contributed by atoms with Crippen molar-refractivity contribution in [3.05, 3.63) is 66.0 Å². The number of ether oxygens (including phenoxy) is 1. The molecule has 0 bridgehead atoms. The number of para-hydroxylation sites is 1. The van der Waals surface area contributed by atoms with E-state index >= 15 is 0 Å². The Balaban J connectivity index is 1.44. The van der Waals surface area contributed by atoms with Gasteiger partial charge in [0.2, 0.25) is 5.91 Å². The predicted molar refractivity (Wildman–Crippen MR) is 129 cm³/mol. The second-order valence-corrected chi connectivity index (χ2v) is 9.50. The van der Waals surface area contributed by atoms with E-state index in [9.17, 15) is 4.79 Å². The van der Waals surface area contributed by atoms with Crippen LogP contribution in [-0.2, 0) is 16.1 Å². The monoisotopic (exact) mass is 450 g/mol. The molecule has 0 aliphatic carbocycles. The fourth-order valence-corrected chi connectivity index (χ4v) is 4.71. The van der Waals surface area contributed by atoms with Crippen LogP contribution in [0.1, 0.15) is 31.2 Å². The van der Waals surface area contributed by atoms with Crippen LogP contribution in [0.25, 0.3) is 10.9 Å². The first-order chi connectivity index (χ1) is 15.6. The number of benzene rings is 2. The van der Waals surface area contributed by atoms with Gasteiger partial charge in [0.25, 0.3) is 0 Å². The van der Waals surface area contributed by atoms with E-state index in [1.807, 2.05) is 49.4 Å². The molecule has 1 N–H and O–H groups in total. The zero-order valence-corrected chi connectivity index (χ0v) is 19.5. The molecule has 168 valence electrons. The van der Waals surface area contributed by atoms with Crippen LogP contribution in [-0.4, -0.2) is 58.9 Å². The Morgan fingerprint density at radius 3 is 2.56 bits per heavy atom. The molecule has 1 amide bonds. The van der Waals surface area contributed by atoms with Crippen LogP contribution in [0.3, 0.4) is 0 Å². The Hall–Kier alpha value is -2.48. The molecule has 1 fully saturated rings. The van der Waals surface area contributed by atoms with Gasteiger partial charge >= 0.3 is 0 Å². The molecule has 2 heterocycles. The van der Waals surface area contributed by atoms with Gasteiger partial charge in [-0.15, -0.1) is 0 Å². The number of thioether (sulfide) groups is 1. The second-order valence-electron chi connectivity index (χ2n) is 8.17. The first-order valence-corrected chi connectivity index (χ1v) is 12.0. The van der Waals surface area contributed by atoms with Crippen molar-refractivity contribution >= 4 is 28.6 Å². The molecule has 2 unspecified atom stereocenters. The molecule has 1 saturated heterocycles. The van der Waals surface area contributed by atoms with Crippen LogP contribution in [0.2, 0.25) is 0 Å². The minimum Gasteiger partial charge on any atom is -0.379 e. The summed E-state index contributed by atoms with van der Waals surface area (Å²) in [6.45, 7) is 8.63. The lowest BCUT2D eigenvalue weighted by Gasteiger charge is -2.26. The average molecular weight is 451 g/mol. The van der Waals surface area contributed by atoms with Gasteiger partial charge in [0.15, 0.2) is 0 Å². The highest BCUT2D eigenvalue weighted by atomic mass is 32.2. The van der Waals surface area contributed by atoms with Crippen molar-refractivity contribution in [1.82, 2.24) is 20.2 Å². The minimum atomic E-state index is -0.257. The maximum Gasteiger partial charge on any atom is 0.233 e. The summed E-state index contributed by atoms with van der Waals surface area (Å²) in [6.07, 6.45) is 0. The minimum absolute atomic E-state index is 0.0233. The van der Waals surface area contributed by atoms with Gasteiger partial charge in [-0.1, -0.05) is 67.2 Å². The quantitative estimate of drug-likeness (QED) is 0.415. The van der Waals surface area contributed by atoms with Crippen molar-refractivity contribution in [2.45, 2.75) is 36.6 Å². The Morgan fingerprint density at radius 2 is 1.78 bits per heavy atom. The highest BCUT2D eigenvalue weighted by Crippen LogP contribution is 2.29. The molecule has 0 radical (unpaired) electrons. The second kappa shape index (κ2) is 10.9. The van der Waals surface area contributed by atoms with E-state index in [-0.39, 0.29) is 17.1 Å². The standard InChI is InChI=1S/C25H30N4O2S/c1-18(20-8-4-3-5-9-20)16-26-24(30)19(2)32-25-21-10-6-7-11-22(21)27-23(28-25)17-29-12-14-31-15-13-29/h3-11,18-19H,12-17H2,1-2H3,(H,26,30). The van der Waals surface area contributed by atoms with Crippen molar-refractivity contribution in [3.8, 4) is 0 Å². The summed E-state index contributed by atoms with van der Waals surface area (Å²) >= 11 is 1.50. The zero-order valence-electron chi connectivity index (χ0n) is 18.7. The summed E-state index contributed by atoms with van der Waals surface area (Å²) in [7, 11) is 0. The summed E-state index contributed by atoms with van der Waals surface area (Å²) in [4.78, 5) is 24.7. The van der Waals surface area contributed by atoms with Crippen molar-refractivity contribution < 1.29 is 9.53 Å². The molecular formula is C25H30N4O2S. The van der Waals surface area contributed by atoms with E-state index in [1.54, 1.807) is 0 Å². The van der Waals surface area contributed by atoms with E-state index in [0.29, 0.717) is 13.1 Å². The van der Waals surface area contributed by atoms with Gasteiger partial charge < -0.3 is 10.1 Å². The maximum absolute atomic E-state index is 12.8. The van der Waals surface area contributed by atoms with Crippen molar-refractivity contribution in [2.75, 3.05) is 32.8 Å². The van der Waals surface area contributed by atoms with Gasteiger partial charge in [0.1, 0.15) is 10.9 Å². The van der Waals surface area contributed by atoms with Crippen LogP contribution >= 0.6 is 11.8 Å². The van der Waals surface area contributed by atoms with Crippen LogP contribution in [0, 0.1) is 0 Å². The first kappa shape index (κ1) is 22.7. The molecule has 6 nitrogen and oxygen atoms in total. The van der Waals surface area contributed by atoms with Gasteiger partial charge in [0, 0.05) is 25.0 Å². The fraction of sp³-hybridized carbons (Fsp3) is 0.400. The van der Waals surface area contributed by atoms with E-state index in [0.717, 1.165) is 48.1 Å². The summed E-state index contributed by atoms with van der Waals surface area (Å²) in [5.74, 6) is 1.07. The van der Waals surface area contributed by atoms with Gasteiger partial charge in [-0.05, 0) is 24.5 Å². The van der Waals surface area contributed by atoms with Gasteiger partial charge in [0.05, 0.1) is 30.5 Å². The largest absolute Gasteiger partial charge is 0.379 e. The van der Waals surface area contributed by atoms with E-state index in [4.69, 9.17) is 14.7 Å². The number of hydrogen-bond donors (Lipinski definition) is 1. The van der Waals surface area contributed by atoms with E-state index < -0.39 is 0 Å². The number of nitrogens with zero attached hydrogens (tertiary/aromatic N) is 3. The third-order valence-electron chi connectivity index (χ3n) is 5.69. The third kappa shape index (κ3) is 5.85. The molecule has 3 aromatic rings. The lowest BCUT2D eigenvalue weighted by molar-refractivity contribution is -0.120. The summed E-state index contributed by atoms with van der Waals surface area (Å²) in [5.41, 5.74) is 2.14. The molecule has 7 heteroatoms. The van der Waals surface area contributed by atoms with E-state index in [1.165, 1.54) is 17.3 Å². The number of nitrogens with one attached hydrogen (secondary N) is 1. The highest BCUT2D eigenvalue weighted by molar-refractivity contribution is 8.00. The molecule has 4 rings (SSSR count). The number of rotatable bonds is 8. The highest BCUT2D eigenvalue weighted by Gasteiger charge is 2.20. The van der Waals surface area contributed by atoms with E-state index in [2.05, 4.69) is 29.3 Å². The zero-order chi connectivity index (χ0) is 22.3. The number of aromatic nitrogens is 2. The topological polar surface area (TPSA) is 67.3 Å². The molecule has 1 aliphatic heterocycles. The van der Waals surface area contributed by atoms with Crippen molar-refractivity contribution in [1.29, 1.82) is 0 Å². The lowest BCUT2D eigenvalue weighted by Crippen LogP contribution is -2.36. The molecule has 1 aromatic heterocycles. The van der Waals surface area contributed by atoms with Crippen LogP contribution in [0.5, 0.6) is 0 Å². The SMILES string of the molecule is CC(Sc1nc(CN2CCOCC2)nc2ccccc12)C(=O)NCC(C)c1ccccc1.